The molecule has 1 aromatic carbocycles. The lowest BCUT2D eigenvalue weighted by molar-refractivity contribution is -0.171. The zero-order valence-electron chi connectivity index (χ0n) is 13.9. The number of hydrogen-bond donors (Lipinski definition) is 1. The number of carbonyl (C=O) groups excluding carboxylic acids is 3. The van der Waals surface area contributed by atoms with Crippen molar-refractivity contribution in [1.29, 1.82) is 0 Å². The molecule has 1 aliphatic heterocycles. The summed E-state index contributed by atoms with van der Waals surface area (Å²) in [6.45, 7) is 2.08. The highest BCUT2D eigenvalue weighted by Gasteiger charge is 2.37. The highest BCUT2D eigenvalue weighted by molar-refractivity contribution is 6.35. The molecule has 26 heavy (non-hydrogen) atoms. The van der Waals surface area contributed by atoms with Gasteiger partial charge < -0.3 is 19.3 Å². The molecule has 0 aromatic heterocycles. The predicted molar refractivity (Wildman–Crippen MR) is 91.6 cm³/mol. The molecule has 1 N–H and O–H groups in total. The minimum absolute atomic E-state index is 0.153. The first-order valence-corrected chi connectivity index (χ1v) is 8.31. The lowest BCUT2D eigenvalue weighted by atomic mass is 9.96. The van der Waals surface area contributed by atoms with E-state index in [2.05, 4.69) is 0 Å². The fourth-order valence-electron chi connectivity index (χ4n) is 2.35. The number of aliphatic hydroxyl groups excluding tert-OH is 1. The monoisotopic (exact) mass is 402 g/mol. The number of ether oxygens (including phenoxy) is 3. The van der Waals surface area contributed by atoms with Crippen molar-refractivity contribution in [2.24, 2.45) is 0 Å². The molecule has 0 saturated heterocycles. The number of hydrogen-bond acceptors (Lipinski definition) is 7. The Labute approximate surface area is 159 Å². The van der Waals surface area contributed by atoms with Gasteiger partial charge in [-0.05, 0) is 18.2 Å². The van der Waals surface area contributed by atoms with Crippen LogP contribution in [0.3, 0.4) is 0 Å². The molecule has 0 aliphatic carbocycles. The van der Waals surface area contributed by atoms with E-state index < -0.39 is 36.2 Å². The van der Waals surface area contributed by atoms with Crippen LogP contribution in [0.15, 0.2) is 29.8 Å². The summed E-state index contributed by atoms with van der Waals surface area (Å²) in [4.78, 5) is 34.6. The normalized spacial score (nSPS) is 20.7. The van der Waals surface area contributed by atoms with Crippen LogP contribution >= 0.6 is 23.2 Å². The first-order valence-electron chi connectivity index (χ1n) is 7.55. The van der Waals surface area contributed by atoms with Crippen LogP contribution in [0, 0.1) is 0 Å². The third-order valence-corrected chi connectivity index (χ3v) is 4.07. The Bertz CT molecular complexity index is 759. The number of carbonyl (C=O) groups is 3. The Balaban J connectivity index is 2.32. The van der Waals surface area contributed by atoms with Gasteiger partial charge in [-0.25, -0.2) is 4.79 Å². The van der Waals surface area contributed by atoms with Gasteiger partial charge in [0.1, 0.15) is 12.7 Å². The molecule has 9 heteroatoms. The summed E-state index contributed by atoms with van der Waals surface area (Å²) in [5.74, 6) is -2.05. The van der Waals surface area contributed by atoms with Crippen LogP contribution in [0.1, 0.15) is 25.5 Å². The minimum Gasteiger partial charge on any atom is -0.462 e. The molecule has 2 rings (SSSR count). The van der Waals surface area contributed by atoms with E-state index in [1.54, 1.807) is 0 Å². The first kappa shape index (κ1) is 20.2. The Morgan fingerprint density at radius 1 is 1.27 bits per heavy atom. The SMILES string of the molecule is CC(=O)OC[C@H]1OC(=O)C([C@@H](O)c2ccc(Cl)cc2Cl)=C[C@@H]1OC(C)=O. The topological polar surface area (TPSA) is 99.1 Å². The van der Waals surface area contributed by atoms with E-state index >= 15 is 0 Å². The van der Waals surface area contributed by atoms with Crippen LogP contribution in [0.25, 0.3) is 0 Å². The first-order chi connectivity index (χ1) is 12.2. The molecular formula is C17H16Cl2O7. The van der Waals surface area contributed by atoms with Gasteiger partial charge in [-0.1, -0.05) is 29.3 Å². The van der Waals surface area contributed by atoms with Gasteiger partial charge in [-0.2, -0.15) is 0 Å². The van der Waals surface area contributed by atoms with Gasteiger partial charge in [0.05, 0.1) is 5.57 Å². The lowest BCUT2D eigenvalue weighted by Gasteiger charge is -2.30. The van der Waals surface area contributed by atoms with Gasteiger partial charge in [-0.3, -0.25) is 9.59 Å². The van der Waals surface area contributed by atoms with Gasteiger partial charge in [0, 0.05) is 29.5 Å². The molecule has 0 fully saturated rings. The number of esters is 3. The van der Waals surface area contributed by atoms with Gasteiger partial charge in [-0.15, -0.1) is 0 Å². The maximum absolute atomic E-state index is 12.3. The average Bonchev–Trinajstić information content (AvgIpc) is 2.53. The lowest BCUT2D eigenvalue weighted by Crippen LogP contribution is -2.42. The minimum atomic E-state index is -1.42. The zero-order chi connectivity index (χ0) is 19.4. The smallest absolute Gasteiger partial charge is 0.337 e. The third-order valence-electron chi connectivity index (χ3n) is 3.51. The van der Waals surface area contributed by atoms with Crippen molar-refractivity contribution in [3.63, 3.8) is 0 Å². The molecule has 0 bridgehead atoms. The van der Waals surface area contributed by atoms with Crippen LogP contribution < -0.4 is 0 Å². The fourth-order valence-corrected chi connectivity index (χ4v) is 2.86. The van der Waals surface area contributed by atoms with Crippen molar-refractivity contribution in [1.82, 2.24) is 0 Å². The van der Waals surface area contributed by atoms with E-state index in [9.17, 15) is 19.5 Å². The number of rotatable bonds is 5. The Kier molecular flexibility index (Phi) is 6.63. The molecule has 7 nitrogen and oxygen atoms in total. The van der Waals surface area contributed by atoms with Gasteiger partial charge >= 0.3 is 17.9 Å². The molecule has 0 spiro atoms. The van der Waals surface area contributed by atoms with Gasteiger partial charge in [0.2, 0.25) is 0 Å². The van der Waals surface area contributed by atoms with Crippen molar-refractivity contribution in [3.8, 4) is 0 Å². The molecule has 3 atom stereocenters. The quantitative estimate of drug-likeness (QED) is 0.595. The molecule has 0 amide bonds. The fraction of sp³-hybridized carbons (Fsp3) is 0.353. The summed E-state index contributed by atoms with van der Waals surface area (Å²) < 4.78 is 15.1. The van der Waals surface area contributed by atoms with E-state index in [0.29, 0.717) is 5.02 Å². The van der Waals surface area contributed by atoms with Crippen LogP contribution in [-0.4, -0.2) is 41.8 Å². The van der Waals surface area contributed by atoms with Crippen molar-refractivity contribution in [3.05, 3.63) is 45.5 Å². The second-order valence-electron chi connectivity index (χ2n) is 5.51. The van der Waals surface area contributed by atoms with Gasteiger partial charge in [0.25, 0.3) is 0 Å². The second kappa shape index (κ2) is 8.53. The number of benzene rings is 1. The van der Waals surface area contributed by atoms with E-state index in [1.165, 1.54) is 38.1 Å². The van der Waals surface area contributed by atoms with E-state index in [-0.39, 0.29) is 22.8 Å². The molecular weight excluding hydrogens is 387 g/mol. The molecule has 1 heterocycles. The highest BCUT2D eigenvalue weighted by Crippen LogP contribution is 2.33. The maximum Gasteiger partial charge on any atom is 0.337 e. The van der Waals surface area contributed by atoms with Crippen molar-refractivity contribution < 1.29 is 33.7 Å². The van der Waals surface area contributed by atoms with Crippen molar-refractivity contribution in [2.75, 3.05) is 6.61 Å². The molecule has 0 unspecified atom stereocenters. The van der Waals surface area contributed by atoms with Crippen LogP contribution in [0.4, 0.5) is 0 Å². The number of aliphatic hydroxyl groups is 1. The van der Waals surface area contributed by atoms with Crippen LogP contribution in [-0.2, 0) is 28.6 Å². The summed E-state index contributed by atoms with van der Waals surface area (Å²) in [5.41, 5.74) is 0.0822. The van der Waals surface area contributed by atoms with Gasteiger partial charge in [0.15, 0.2) is 12.2 Å². The van der Waals surface area contributed by atoms with E-state index in [0.717, 1.165) is 0 Å². The Hall–Kier alpha value is -2.09. The average molecular weight is 403 g/mol. The molecule has 1 aromatic rings. The highest BCUT2D eigenvalue weighted by atomic mass is 35.5. The van der Waals surface area contributed by atoms with E-state index in [4.69, 9.17) is 37.4 Å². The molecule has 140 valence electrons. The standard InChI is InChI=1S/C17H16Cl2O7/c1-8(20)24-7-15-14(25-9(2)21)6-12(17(23)26-15)16(22)11-4-3-10(18)5-13(11)19/h3-6,14-16,22H,7H2,1-2H3/t14-,15+,16-/m0/s1. The molecule has 1 aliphatic rings. The number of halogens is 2. The van der Waals surface area contributed by atoms with Crippen LogP contribution in [0.2, 0.25) is 10.0 Å². The second-order valence-corrected chi connectivity index (χ2v) is 6.35. The summed E-state index contributed by atoms with van der Waals surface area (Å²) in [5, 5.41) is 11.0. The Morgan fingerprint density at radius 2 is 1.96 bits per heavy atom. The molecule has 0 saturated carbocycles. The van der Waals surface area contributed by atoms with E-state index in [1.807, 2.05) is 0 Å². The summed E-state index contributed by atoms with van der Waals surface area (Å²) in [6, 6.07) is 4.40. The summed E-state index contributed by atoms with van der Waals surface area (Å²) in [7, 11) is 0. The largest absolute Gasteiger partial charge is 0.462 e. The van der Waals surface area contributed by atoms with Crippen LogP contribution in [0.5, 0.6) is 0 Å². The molecule has 0 radical (unpaired) electrons. The summed E-state index contributed by atoms with van der Waals surface area (Å²) in [6.07, 6.45) is -2.20. The predicted octanol–water partition coefficient (Wildman–Crippen LogP) is 2.37. The van der Waals surface area contributed by atoms with Crippen molar-refractivity contribution >= 4 is 41.1 Å². The zero-order valence-corrected chi connectivity index (χ0v) is 15.4. The van der Waals surface area contributed by atoms with Crippen molar-refractivity contribution in [2.45, 2.75) is 32.2 Å². The summed E-state index contributed by atoms with van der Waals surface area (Å²) >= 11 is 11.9. The Morgan fingerprint density at radius 3 is 2.54 bits per heavy atom. The maximum atomic E-state index is 12.3. The third kappa shape index (κ3) is 4.97. The number of cyclic esters (lactones) is 1.